The van der Waals surface area contributed by atoms with Gasteiger partial charge in [-0.05, 0) is 12.1 Å². The number of hydrogen-bond donors (Lipinski definition) is 1. The van der Waals surface area contributed by atoms with Gasteiger partial charge >= 0.3 is 0 Å². The van der Waals surface area contributed by atoms with Crippen LogP contribution in [0.5, 0.6) is 0 Å². The number of nitrogens with zero attached hydrogens (tertiary/aromatic N) is 3. The molecule has 1 aliphatic heterocycles. The highest BCUT2D eigenvalue weighted by molar-refractivity contribution is 9.11. The van der Waals surface area contributed by atoms with E-state index in [1.807, 2.05) is 0 Å². The van der Waals surface area contributed by atoms with Gasteiger partial charge < -0.3 is 19.5 Å². The van der Waals surface area contributed by atoms with E-state index in [0.717, 1.165) is 23.5 Å². The van der Waals surface area contributed by atoms with E-state index in [0.29, 0.717) is 25.4 Å². The Morgan fingerprint density at radius 3 is 2.62 bits per heavy atom. The van der Waals surface area contributed by atoms with Crippen LogP contribution in [0.25, 0.3) is 0 Å². The van der Waals surface area contributed by atoms with E-state index in [2.05, 4.69) is 37.7 Å². The molecule has 0 radical (unpaired) electrons. The second-order valence-electron chi connectivity index (χ2n) is 4.67. The van der Waals surface area contributed by atoms with Gasteiger partial charge in [0, 0.05) is 44.3 Å². The van der Waals surface area contributed by atoms with Gasteiger partial charge in [-0.25, -0.2) is 0 Å². The molecule has 0 unspecified atom stereocenters. The zero-order chi connectivity index (χ0) is 15.2. The van der Waals surface area contributed by atoms with E-state index in [1.54, 1.807) is 24.1 Å². The number of carbonyl (C=O) groups excluding carboxylic acids is 1. The molecule has 1 amide bonds. The number of rotatable bonds is 3. The van der Waals surface area contributed by atoms with Crippen LogP contribution in [-0.2, 0) is 0 Å². The summed E-state index contributed by atoms with van der Waals surface area (Å²) < 4.78 is 6.02. The van der Waals surface area contributed by atoms with Crippen LogP contribution in [0.3, 0.4) is 0 Å². The van der Waals surface area contributed by atoms with Crippen LogP contribution in [0, 0.1) is 0 Å². The van der Waals surface area contributed by atoms with Crippen LogP contribution in [0.2, 0.25) is 0 Å². The van der Waals surface area contributed by atoms with Gasteiger partial charge in [-0.3, -0.25) is 9.79 Å². The minimum atomic E-state index is -0.0589. The molecule has 1 aliphatic rings. The maximum absolute atomic E-state index is 12.2. The standard InChI is InChI=1S/C14H19BrN4O2/c1-11(15)10-17-14(16-2)19-7-5-18(6-8-19)13(20)12-4-3-9-21-12/h3-4,9H,1,5-8,10H2,2H3,(H,16,17). The van der Waals surface area contributed by atoms with Crippen LogP contribution in [0.4, 0.5) is 0 Å². The van der Waals surface area contributed by atoms with Gasteiger partial charge in [0.2, 0.25) is 0 Å². The zero-order valence-corrected chi connectivity index (χ0v) is 13.6. The lowest BCUT2D eigenvalue weighted by Gasteiger charge is -2.36. The van der Waals surface area contributed by atoms with E-state index in [9.17, 15) is 4.79 Å². The van der Waals surface area contributed by atoms with Crippen molar-refractivity contribution < 1.29 is 9.21 Å². The third-order valence-corrected chi connectivity index (χ3v) is 3.53. The zero-order valence-electron chi connectivity index (χ0n) is 12.0. The third kappa shape index (κ3) is 4.10. The second kappa shape index (κ2) is 7.31. The number of nitrogens with one attached hydrogen (secondary N) is 1. The fourth-order valence-electron chi connectivity index (χ4n) is 2.18. The molecule has 0 saturated carbocycles. The van der Waals surface area contributed by atoms with Gasteiger partial charge in [0.05, 0.1) is 6.26 Å². The summed E-state index contributed by atoms with van der Waals surface area (Å²) in [4.78, 5) is 20.3. The lowest BCUT2D eigenvalue weighted by atomic mass is 10.3. The summed E-state index contributed by atoms with van der Waals surface area (Å²) in [6, 6.07) is 3.42. The molecule has 21 heavy (non-hydrogen) atoms. The molecule has 1 aromatic rings. The molecule has 1 fully saturated rings. The molecule has 2 heterocycles. The topological polar surface area (TPSA) is 61.1 Å². The highest BCUT2D eigenvalue weighted by Gasteiger charge is 2.24. The fraction of sp³-hybridized carbons (Fsp3) is 0.429. The molecule has 1 saturated heterocycles. The van der Waals surface area contributed by atoms with E-state index in [1.165, 1.54) is 6.26 Å². The van der Waals surface area contributed by atoms with Gasteiger partial charge in [0.1, 0.15) is 0 Å². The van der Waals surface area contributed by atoms with Gasteiger partial charge in [-0.15, -0.1) is 0 Å². The monoisotopic (exact) mass is 354 g/mol. The van der Waals surface area contributed by atoms with Crippen molar-refractivity contribution >= 4 is 27.8 Å². The predicted molar refractivity (Wildman–Crippen MR) is 85.6 cm³/mol. The first-order valence-electron chi connectivity index (χ1n) is 6.73. The Balaban J connectivity index is 1.87. The van der Waals surface area contributed by atoms with Crippen LogP contribution < -0.4 is 5.32 Å². The molecule has 2 rings (SSSR count). The largest absolute Gasteiger partial charge is 0.459 e. The Morgan fingerprint density at radius 2 is 2.10 bits per heavy atom. The van der Waals surface area contributed by atoms with Crippen molar-refractivity contribution in [1.82, 2.24) is 15.1 Å². The number of halogens is 1. The number of carbonyl (C=O) groups is 1. The number of amides is 1. The summed E-state index contributed by atoms with van der Waals surface area (Å²) in [6.07, 6.45) is 1.52. The van der Waals surface area contributed by atoms with Crippen LogP contribution in [0.1, 0.15) is 10.6 Å². The average molecular weight is 355 g/mol. The molecule has 1 N–H and O–H groups in total. The molecule has 0 atom stereocenters. The van der Waals surface area contributed by atoms with E-state index in [-0.39, 0.29) is 5.91 Å². The number of piperazine rings is 1. The Labute approximate surface area is 132 Å². The molecule has 6 nitrogen and oxygen atoms in total. The maximum Gasteiger partial charge on any atom is 0.289 e. The second-order valence-corrected chi connectivity index (χ2v) is 5.80. The van der Waals surface area contributed by atoms with Crippen molar-refractivity contribution in [1.29, 1.82) is 0 Å². The predicted octanol–water partition coefficient (Wildman–Crippen LogP) is 1.52. The summed E-state index contributed by atoms with van der Waals surface area (Å²) in [5, 5.41) is 3.22. The first kappa shape index (κ1) is 15.6. The molecular weight excluding hydrogens is 336 g/mol. The third-order valence-electron chi connectivity index (χ3n) is 3.25. The normalized spacial score (nSPS) is 16.0. The van der Waals surface area contributed by atoms with Crippen molar-refractivity contribution in [2.75, 3.05) is 39.8 Å². The molecule has 0 bridgehead atoms. The van der Waals surface area contributed by atoms with Crippen LogP contribution in [-0.4, -0.2) is 61.4 Å². The van der Waals surface area contributed by atoms with Crippen molar-refractivity contribution in [3.05, 3.63) is 35.2 Å². The van der Waals surface area contributed by atoms with E-state index < -0.39 is 0 Å². The van der Waals surface area contributed by atoms with E-state index >= 15 is 0 Å². The number of guanidine groups is 1. The molecule has 1 aromatic heterocycles. The van der Waals surface area contributed by atoms with E-state index in [4.69, 9.17) is 4.42 Å². The van der Waals surface area contributed by atoms with Crippen molar-refractivity contribution in [3.8, 4) is 0 Å². The molecule has 7 heteroatoms. The summed E-state index contributed by atoms with van der Waals surface area (Å²) in [5.74, 6) is 1.15. The minimum absolute atomic E-state index is 0.0589. The van der Waals surface area contributed by atoms with Gasteiger partial charge in [0.25, 0.3) is 5.91 Å². The first-order chi connectivity index (χ1) is 10.1. The minimum Gasteiger partial charge on any atom is -0.459 e. The fourth-order valence-corrected chi connectivity index (χ4v) is 2.32. The van der Waals surface area contributed by atoms with Crippen LogP contribution >= 0.6 is 15.9 Å². The van der Waals surface area contributed by atoms with Crippen molar-refractivity contribution in [2.24, 2.45) is 4.99 Å². The average Bonchev–Trinajstić information content (AvgIpc) is 3.02. The van der Waals surface area contributed by atoms with Gasteiger partial charge in [0.15, 0.2) is 11.7 Å². The summed E-state index contributed by atoms with van der Waals surface area (Å²) in [7, 11) is 1.75. The Hall–Kier alpha value is -1.76. The summed E-state index contributed by atoms with van der Waals surface area (Å²) in [6.45, 7) is 7.18. The van der Waals surface area contributed by atoms with Crippen molar-refractivity contribution in [2.45, 2.75) is 0 Å². The highest BCUT2D eigenvalue weighted by atomic mass is 79.9. The number of aliphatic imine (C=N–C) groups is 1. The molecule has 0 spiro atoms. The van der Waals surface area contributed by atoms with Gasteiger partial charge in [-0.1, -0.05) is 22.5 Å². The summed E-state index contributed by atoms with van der Waals surface area (Å²) in [5.41, 5.74) is 0. The highest BCUT2D eigenvalue weighted by Crippen LogP contribution is 2.09. The Morgan fingerprint density at radius 1 is 1.43 bits per heavy atom. The lowest BCUT2D eigenvalue weighted by molar-refractivity contribution is 0.0658. The molecule has 0 aromatic carbocycles. The molecule has 114 valence electrons. The Bertz CT molecular complexity index is 519. The lowest BCUT2D eigenvalue weighted by Crippen LogP contribution is -2.53. The SMILES string of the molecule is C=C(Br)CNC(=NC)N1CCN(C(=O)c2ccco2)CC1. The summed E-state index contributed by atoms with van der Waals surface area (Å²) >= 11 is 3.31. The first-order valence-corrected chi connectivity index (χ1v) is 7.52. The maximum atomic E-state index is 12.2. The Kier molecular flexibility index (Phi) is 5.44. The van der Waals surface area contributed by atoms with Crippen LogP contribution in [0.15, 0.2) is 38.9 Å². The van der Waals surface area contributed by atoms with Gasteiger partial charge in [-0.2, -0.15) is 0 Å². The smallest absolute Gasteiger partial charge is 0.289 e. The molecule has 0 aliphatic carbocycles. The van der Waals surface area contributed by atoms with Crippen molar-refractivity contribution in [3.63, 3.8) is 0 Å². The number of furan rings is 1. The quantitative estimate of drug-likeness (QED) is 0.660. The number of hydrogen-bond acceptors (Lipinski definition) is 3. The molecular formula is C14H19BrN4O2.